The monoisotopic (exact) mass is 234 g/mol. The van der Waals surface area contributed by atoms with Gasteiger partial charge in [-0.3, -0.25) is 10.1 Å². The number of nitrogens with zero attached hydrogens (tertiary/aromatic N) is 1. The van der Waals surface area contributed by atoms with Gasteiger partial charge in [-0.05, 0) is 30.9 Å². The minimum absolute atomic E-state index is 0.147. The van der Waals surface area contributed by atoms with Gasteiger partial charge in [-0.2, -0.15) is 0 Å². The van der Waals surface area contributed by atoms with Crippen LogP contribution in [-0.2, 0) is 0 Å². The van der Waals surface area contributed by atoms with Gasteiger partial charge in [0, 0.05) is 23.9 Å². The summed E-state index contributed by atoms with van der Waals surface area (Å²) in [5.41, 5.74) is 1.13. The summed E-state index contributed by atoms with van der Waals surface area (Å²) in [6, 6.07) is 7.23. The Balaban J connectivity index is 2.01. The predicted octanol–water partition coefficient (Wildman–Crippen LogP) is 3.59. The molecule has 17 heavy (non-hydrogen) atoms. The zero-order valence-electron chi connectivity index (χ0n) is 10.1. The molecule has 0 bridgehead atoms. The number of non-ortho nitro benzene ring substituents is 1. The summed E-state index contributed by atoms with van der Waals surface area (Å²) in [5, 5.41) is 14.0. The largest absolute Gasteiger partial charge is 0.382 e. The Morgan fingerprint density at radius 1 is 1.35 bits per heavy atom. The van der Waals surface area contributed by atoms with Crippen LogP contribution in [0, 0.1) is 16.0 Å². The molecule has 92 valence electrons. The van der Waals surface area contributed by atoms with Crippen molar-refractivity contribution in [2.45, 2.75) is 38.6 Å². The quantitative estimate of drug-likeness (QED) is 0.639. The number of anilines is 1. The van der Waals surface area contributed by atoms with Crippen LogP contribution in [0.5, 0.6) is 0 Å². The first kappa shape index (κ1) is 11.9. The summed E-state index contributed by atoms with van der Waals surface area (Å²) >= 11 is 0. The van der Waals surface area contributed by atoms with Gasteiger partial charge in [-0.15, -0.1) is 0 Å². The molecule has 0 saturated heterocycles. The molecule has 0 aliphatic heterocycles. The van der Waals surface area contributed by atoms with E-state index in [1.807, 2.05) is 0 Å². The van der Waals surface area contributed by atoms with Crippen LogP contribution in [0.1, 0.15) is 32.6 Å². The van der Waals surface area contributed by atoms with Gasteiger partial charge in [0.1, 0.15) is 0 Å². The van der Waals surface area contributed by atoms with Crippen LogP contribution in [0.4, 0.5) is 11.4 Å². The molecule has 1 aliphatic carbocycles. The Morgan fingerprint density at radius 3 is 2.65 bits per heavy atom. The number of hydrogen-bond donors (Lipinski definition) is 1. The number of nitrogens with one attached hydrogen (secondary N) is 1. The molecule has 1 aromatic rings. The lowest BCUT2D eigenvalue weighted by atomic mass is 10.0. The molecule has 1 N–H and O–H groups in total. The average Bonchev–Trinajstić information content (AvgIpc) is 2.77. The molecule has 0 radical (unpaired) electrons. The molecular formula is C13H18N2O2. The van der Waals surface area contributed by atoms with E-state index in [0.717, 1.165) is 11.6 Å². The molecule has 2 atom stereocenters. The van der Waals surface area contributed by atoms with E-state index in [9.17, 15) is 10.1 Å². The summed E-state index contributed by atoms with van der Waals surface area (Å²) in [4.78, 5) is 10.2. The number of nitro benzene ring substituents is 1. The Labute approximate surface area is 101 Å². The molecule has 2 unspecified atom stereocenters. The predicted molar refractivity (Wildman–Crippen MR) is 68.1 cm³/mol. The minimum atomic E-state index is -0.367. The van der Waals surface area contributed by atoms with Gasteiger partial charge >= 0.3 is 0 Å². The number of benzene rings is 1. The highest BCUT2D eigenvalue weighted by molar-refractivity contribution is 5.49. The lowest BCUT2D eigenvalue weighted by molar-refractivity contribution is -0.384. The molecule has 1 fully saturated rings. The fourth-order valence-corrected chi connectivity index (χ4v) is 2.61. The second-order valence-corrected chi connectivity index (χ2v) is 4.65. The molecular weight excluding hydrogens is 216 g/mol. The van der Waals surface area contributed by atoms with Gasteiger partial charge < -0.3 is 5.32 Å². The van der Waals surface area contributed by atoms with Crippen molar-refractivity contribution in [3.63, 3.8) is 0 Å². The number of rotatable bonds is 4. The molecule has 0 spiro atoms. The van der Waals surface area contributed by atoms with E-state index < -0.39 is 0 Å². The first-order chi connectivity index (χ1) is 8.20. The van der Waals surface area contributed by atoms with Crippen molar-refractivity contribution < 1.29 is 4.92 Å². The molecule has 2 rings (SSSR count). The van der Waals surface area contributed by atoms with Crippen molar-refractivity contribution >= 4 is 11.4 Å². The molecule has 0 aromatic heterocycles. The van der Waals surface area contributed by atoms with E-state index in [4.69, 9.17) is 0 Å². The first-order valence-electron chi connectivity index (χ1n) is 6.21. The Kier molecular flexibility index (Phi) is 3.61. The number of nitro groups is 1. The maximum Gasteiger partial charge on any atom is 0.269 e. The summed E-state index contributed by atoms with van der Waals surface area (Å²) in [6.45, 7) is 2.22. The highest BCUT2D eigenvalue weighted by Gasteiger charge is 2.25. The van der Waals surface area contributed by atoms with Crippen molar-refractivity contribution in [3.05, 3.63) is 34.4 Å². The van der Waals surface area contributed by atoms with Crippen molar-refractivity contribution in [3.8, 4) is 0 Å². The van der Waals surface area contributed by atoms with Crippen molar-refractivity contribution in [2.24, 2.45) is 5.92 Å². The highest BCUT2D eigenvalue weighted by Crippen LogP contribution is 2.31. The van der Waals surface area contributed by atoms with Crippen LogP contribution in [0.2, 0.25) is 0 Å². The Bertz CT molecular complexity index is 389. The fraction of sp³-hybridized carbons (Fsp3) is 0.538. The lowest BCUT2D eigenvalue weighted by Crippen LogP contribution is -2.23. The SMILES string of the molecule is CCC1CCCC1Nc1ccc([N+](=O)[O-])cc1. The average molecular weight is 234 g/mol. The lowest BCUT2D eigenvalue weighted by Gasteiger charge is -2.20. The molecule has 0 heterocycles. The first-order valence-corrected chi connectivity index (χ1v) is 6.21. The molecule has 1 aromatic carbocycles. The van der Waals surface area contributed by atoms with E-state index in [-0.39, 0.29) is 10.6 Å². The summed E-state index contributed by atoms with van der Waals surface area (Å²) in [5.74, 6) is 0.741. The standard InChI is InChI=1S/C13H18N2O2/c1-2-10-4-3-5-13(10)14-11-6-8-12(9-7-11)15(16)17/h6-10,13-14H,2-5H2,1H3. The van der Waals surface area contributed by atoms with Gasteiger partial charge in [0.25, 0.3) is 5.69 Å². The Morgan fingerprint density at radius 2 is 2.06 bits per heavy atom. The zero-order valence-corrected chi connectivity index (χ0v) is 10.1. The third-order valence-electron chi connectivity index (χ3n) is 3.61. The van der Waals surface area contributed by atoms with Crippen molar-refractivity contribution in [2.75, 3.05) is 5.32 Å². The summed E-state index contributed by atoms with van der Waals surface area (Å²) in [6.07, 6.45) is 4.98. The topological polar surface area (TPSA) is 55.2 Å². The maximum atomic E-state index is 10.5. The van der Waals surface area contributed by atoms with Gasteiger partial charge in [-0.25, -0.2) is 0 Å². The van der Waals surface area contributed by atoms with Crippen LogP contribution in [0.15, 0.2) is 24.3 Å². The summed E-state index contributed by atoms with van der Waals surface area (Å²) < 4.78 is 0. The third kappa shape index (κ3) is 2.75. The molecule has 4 nitrogen and oxygen atoms in total. The summed E-state index contributed by atoms with van der Waals surface area (Å²) in [7, 11) is 0. The van der Waals surface area contributed by atoms with E-state index >= 15 is 0 Å². The highest BCUT2D eigenvalue weighted by atomic mass is 16.6. The smallest absolute Gasteiger partial charge is 0.269 e. The molecule has 0 amide bonds. The van der Waals surface area contributed by atoms with Crippen LogP contribution in [-0.4, -0.2) is 11.0 Å². The normalized spacial score (nSPS) is 23.6. The van der Waals surface area contributed by atoms with Crippen molar-refractivity contribution in [1.29, 1.82) is 0 Å². The fourth-order valence-electron chi connectivity index (χ4n) is 2.61. The second-order valence-electron chi connectivity index (χ2n) is 4.65. The van der Waals surface area contributed by atoms with Crippen LogP contribution < -0.4 is 5.32 Å². The number of hydrogen-bond acceptors (Lipinski definition) is 3. The maximum absolute atomic E-state index is 10.5. The second kappa shape index (κ2) is 5.17. The molecule has 4 heteroatoms. The molecule has 1 aliphatic rings. The van der Waals surface area contributed by atoms with Crippen LogP contribution in [0.3, 0.4) is 0 Å². The molecule has 1 saturated carbocycles. The minimum Gasteiger partial charge on any atom is -0.382 e. The Hall–Kier alpha value is -1.58. The van der Waals surface area contributed by atoms with Crippen LogP contribution >= 0.6 is 0 Å². The zero-order chi connectivity index (χ0) is 12.3. The van der Waals surface area contributed by atoms with Gasteiger partial charge in [0.2, 0.25) is 0 Å². The van der Waals surface area contributed by atoms with E-state index in [0.29, 0.717) is 6.04 Å². The van der Waals surface area contributed by atoms with Gasteiger partial charge in [-0.1, -0.05) is 19.8 Å². The van der Waals surface area contributed by atoms with Gasteiger partial charge in [0.05, 0.1) is 4.92 Å². The van der Waals surface area contributed by atoms with Gasteiger partial charge in [0.15, 0.2) is 0 Å². The van der Waals surface area contributed by atoms with E-state index in [1.165, 1.54) is 25.7 Å². The third-order valence-corrected chi connectivity index (χ3v) is 3.61. The van der Waals surface area contributed by atoms with Crippen molar-refractivity contribution in [1.82, 2.24) is 0 Å². The van der Waals surface area contributed by atoms with E-state index in [1.54, 1.807) is 24.3 Å². The van der Waals surface area contributed by atoms with E-state index in [2.05, 4.69) is 12.2 Å². The van der Waals surface area contributed by atoms with Crippen LogP contribution in [0.25, 0.3) is 0 Å².